The van der Waals surface area contributed by atoms with Crippen molar-refractivity contribution in [1.82, 2.24) is 9.80 Å². The van der Waals surface area contributed by atoms with Crippen LogP contribution in [0.15, 0.2) is 18.2 Å². The van der Waals surface area contributed by atoms with Gasteiger partial charge in [0, 0.05) is 51.5 Å². The minimum atomic E-state index is -0.123. The zero-order chi connectivity index (χ0) is 21.6. The third-order valence-corrected chi connectivity index (χ3v) is 5.52. The number of fused-ring (bicyclic) bond motifs is 1. The first kappa shape index (κ1) is 23.2. The van der Waals surface area contributed by atoms with Crippen LogP contribution in [-0.2, 0) is 9.53 Å². The lowest BCUT2D eigenvalue weighted by Crippen LogP contribution is -2.45. The van der Waals surface area contributed by atoms with Crippen molar-refractivity contribution in [3.63, 3.8) is 0 Å². The molecule has 1 heterocycles. The number of rotatable bonds is 4. The summed E-state index contributed by atoms with van der Waals surface area (Å²) in [6.07, 6.45) is 1.17. The van der Waals surface area contributed by atoms with E-state index in [2.05, 4.69) is 31.1 Å². The van der Waals surface area contributed by atoms with Gasteiger partial charge in [0.25, 0.3) is 5.91 Å². The summed E-state index contributed by atoms with van der Waals surface area (Å²) in [7, 11) is 5.54. The van der Waals surface area contributed by atoms with E-state index in [9.17, 15) is 9.59 Å². The number of anilines is 1. The highest BCUT2D eigenvalue weighted by molar-refractivity contribution is 5.98. The lowest BCUT2D eigenvalue weighted by Gasteiger charge is -2.34. The highest BCUT2D eigenvalue weighted by Crippen LogP contribution is 2.26. The summed E-state index contributed by atoms with van der Waals surface area (Å²) in [6, 6.07) is 5.37. The van der Waals surface area contributed by atoms with E-state index in [1.807, 2.05) is 6.92 Å². The Kier molecular flexibility index (Phi) is 8.46. The zero-order valence-corrected chi connectivity index (χ0v) is 18.5. The number of likely N-dealkylation sites (N-methyl/N-ethyl adjacent to an activating group) is 2. The first-order chi connectivity index (χ1) is 13.8. The number of carbonyl (C=O) groups is 2. The molecule has 29 heavy (non-hydrogen) atoms. The molecule has 0 spiro atoms. The van der Waals surface area contributed by atoms with Crippen molar-refractivity contribution in [3.8, 4) is 5.75 Å². The molecule has 7 nitrogen and oxygen atoms in total. The van der Waals surface area contributed by atoms with E-state index in [-0.39, 0.29) is 29.9 Å². The highest BCUT2D eigenvalue weighted by atomic mass is 16.5. The molecular weight excluding hydrogens is 370 g/mol. The van der Waals surface area contributed by atoms with Gasteiger partial charge in [0.2, 0.25) is 5.91 Å². The second-order valence-corrected chi connectivity index (χ2v) is 8.05. The SMILES string of the molecule is CCCC(=O)Nc1ccc2c(c1)OC[C@H](C)N(C)C[C@@H](C)[C@@H](OC)CN(C)C2=O. The summed E-state index contributed by atoms with van der Waals surface area (Å²) in [5.41, 5.74) is 1.12. The molecule has 0 bridgehead atoms. The van der Waals surface area contributed by atoms with Gasteiger partial charge >= 0.3 is 0 Å². The molecule has 7 heteroatoms. The topological polar surface area (TPSA) is 71.1 Å². The molecule has 1 aliphatic rings. The molecule has 1 aromatic rings. The summed E-state index contributed by atoms with van der Waals surface area (Å²) in [5.74, 6) is 0.577. The molecule has 162 valence electrons. The van der Waals surface area contributed by atoms with Gasteiger partial charge in [-0.3, -0.25) is 14.5 Å². The van der Waals surface area contributed by atoms with Crippen LogP contribution in [0.4, 0.5) is 5.69 Å². The third-order valence-electron chi connectivity index (χ3n) is 5.52. The van der Waals surface area contributed by atoms with Crippen molar-refractivity contribution in [2.75, 3.05) is 46.2 Å². The van der Waals surface area contributed by atoms with E-state index in [0.29, 0.717) is 36.6 Å². The number of nitrogens with zero attached hydrogens (tertiary/aromatic N) is 2. The van der Waals surface area contributed by atoms with Crippen LogP contribution in [0, 0.1) is 5.92 Å². The van der Waals surface area contributed by atoms with Crippen LogP contribution < -0.4 is 10.1 Å². The lowest BCUT2D eigenvalue weighted by atomic mass is 10.0. The van der Waals surface area contributed by atoms with Crippen LogP contribution in [0.5, 0.6) is 5.75 Å². The van der Waals surface area contributed by atoms with Crippen molar-refractivity contribution >= 4 is 17.5 Å². The first-order valence-corrected chi connectivity index (χ1v) is 10.3. The van der Waals surface area contributed by atoms with Gasteiger partial charge in [0.15, 0.2) is 0 Å². The number of amides is 2. The van der Waals surface area contributed by atoms with Crippen molar-refractivity contribution in [2.45, 2.75) is 45.8 Å². The highest BCUT2D eigenvalue weighted by Gasteiger charge is 2.27. The molecule has 1 aromatic carbocycles. The molecule has 1 N–H and O–H groups in total. The van der Waals surface area contributed by atoms with Crippen LogP contribution in [-0.4, -0.2) is 74.7 Å². The summed E-state index contributed by atoms with van der Waals surface area (Å²) >= 11 is 0. The van der Waals surface area contributed by atoms with Gasteiger partial charge in [-0.2, -0.15) is 0 Å². The van der Waals surface area contributed by atoms with Crippen molar-refractivity contribution in [1.29, 1.82) is 0 Å². The quantitative estimate of drug-likeness (QED) is 0.834. The van der Waals surface area contributed by atoms with Crippen LogP contribution in [0.1, 0.15) is 44.0 Å². The Bertz CT molecular complexity index is 709. The molecule has 2 rings (SSSR count). The van der Waals surface area contributed by atoms with Crippen LogP contribution in [0.25, 0.3) is 0 Å². The fraction of sp³-hybridized carbons (Fsp3) is 0.636. The first-order valence-electron chi connectivity index (χ1n) is 10.3. The van der Waals surface area contributed by atoms with Gasteiger partial charge in [0.05, 0.1) is 11.7 Å². The van der Waals surface area contributed by atoms with E-state index >= 15 is 0 Å². The normalized spacial score (nSPS) is 24.1. The number of methoxy groups -OCH3 is 1. The summed E-state index contributed by atoms with van der Waals surface area (Å²) in [6.45, 7) is 7.97. The summed E-state index contributed by atoms with van der Waals surface area (Å²) in [4.78, 5) is 29.0. The fourth-order valence-electron chi connectivity index (χ4n) is 3.48. The van der Waals surface area contributed by atoms with Gasteiger partial charge in [-0.25, -0.2) is 0 Å². The van der Waals surface area contributed by atoms with E-state index in [0.717, 1.165) is 13.0 Å². The molecule has 1 aliphatic heterocycles. The Morgan fingerprint density at radius 1 is 1.28 bits per heavy atom. The van der Waals surface area contributed by atoms with E-state index in [1.165, 1.54) is 0 Å². The maximum atomic E-state index is 13.1. The monoisotopic (exact) mass is 405 g/mol. The molecule has 0 unspecified atom stereocenters. The molecule has 2 amide bonds. The van der Waals surface area contributed by atoms with Crippen molar-refractivity contribution in [3.05, 3.63) is 23.8 Å². The maximum absolute atomic E-state index is 13.1. The Balaban J connectivity index is 2.35. The Labute approximate surface area is 174 Å². The minimum Gasteiger partial charge on any atom is -0.491 e. The smallest absolute Gasteiger partial charge is 0.257 e. The van der Waals surface area contributed by atoms with Crippen LogP contribution in [0.2, 0.25) is 0 Å². The number of benzene rings is 1. The molecule has 3 atom stereocenters. The van der Waals surface area contributed by atoms with E-state index in [4.69, 9.17) is 9.47 Å². The molecular formula is C22H35N3O4. The third kappa shape index (κ3) is 6.18. The van der Waals surface area contributed by atoms with Gasteiger partial charge in [-0.1, -0.05) is 13.8 Å². The summed E-state index contributed by atoms with van der Waals surface area (Å²) in [5, 5.41) is 2.87. The van der Waals surface area contributed by atoms with Crippen LogP contribution >= 0.6 is 0 Å². The lowest BCUT2D eigenvalue weighted by molar-refractivity contribution is -0.116. The Hall–Kier alpha value is -2.12. The standard InChI is InChI=1S/C22H35N3O4/c1-7-8-21(26)23-17-9-10-18-19(11-17)29-14-16(3)24(4)12-15(2)20(28-6)13-25(5)22(18)27/h9-11,15-16,20H,7-8,12-14H2,1-6H3,(H,23,26)/t15-,16+,20+/m1/s1. The average molecular weight is 406 g/mol. The number of hydrogen-bond acceptors (Lipinski definition) is 5. The van der Waals surface area contributed by atoms with Gasteiger partial charge in [-0.15, -0.1) is 0 Å². The number of nitrogens with one attached hydrogen (secondary N) is 1. The maximum Gasteiger partial charge on any atom is 0.257 e. The van der Waals surface area contributed by atoms with Gasteiger partial charge < -0.3 is 19.7 Å². The van der Waals surface area contributed by atoms with Crippen molar-refractivity contribution in [2.24, 2.45) is 5.92 Å². The Morgan fingerprint density at radius 2 is 2.00 bits per heavy atom. The molecule has 0 fully saturated rings. The molecule has 0 saturated carbocycles. The van der Waals surface area contributed by atoms with Crippen LogP contribution in [0.3, 0.4) is 0 Å². The van der Waals surface area contributed by atoms with E-state index < -0.39 is 0 Å². The average Bonchev–Trinajstić information content (AvgIpc) is 2.68. The number of ether oxygens (including phenoxy) is 2. The zero-order valence-electron chi connectivity index (χ0n) is 18.5. The minimum absolute atomic E-state index is 0.0472. The molecule has 0 radical (unpaired) electrons. The molecule has 0 saturated heterocycles. The predicted octanol–water partition coefficient (Wildman–Crippen LogP) is 2.86. The fourth-order valence-corrected chi connectivity index (χ4v) is 3.48. The second-order valence-electron chi connectivity index (χ2n) is 8.05. The summed E-state index contributed by atoms with van der Waals surface area (Å²) < 4.78 is 11.7. The number of hydrogen-bond donors (Lipinski definition) is 1. The molecule has 0 aromatic heterocycles. The van der Waals surface area contributed by atoms with Crippen molar-refractivity contribution < 1.29 is 19.1 Å². The van der Waals surface area contributed by atoms with Gasteiger partial charge in [-0.05, 0) is 38.4 Å². The second kappa shape index (κ2) is 10.6. The predicted molar refractivity (Wildman–Crippen MR) is 114 cm³/mol. The van der Waals surface area contributed by atoms with E-state index in [1.54, 1.807) is 37.3 Å². The molecule has 0 aliphatic carbocycles. The van der Waals surface area contributed by atoms with Gasteiger partial charge in [0.1, 0.15) is 12.4 Å². The largest absolute Gasteiger partial charge is 0.491 e. The Morgan fingerprint density at radius 3 is 2.66 bits per heavy atom. The number of carbonyl (C=O) groups excluding carboxylic acids is 2.